The summed E-state index contributed by atoms with van der Waals surface area (Å²) in [4.78, 5) is 4.37. The number of anilines is 1. The van der Waals surface area contributed by atoms with Gasteiger partial charge in [-0.1, -0.05) is 13.3 Å². The van der Waals surface area contributed by atoms with Gasteiger partial charge in [-0.25, -0.2) is 0 Å². The highest BCUT2D eigenvalue weighted by atomic mass is 79.9. The van der Waals surface area contributed by atoms with E-state index < -0.39 is 0 Å². The lowest BCUT2D eigenvalue weighted by atomic mass is 10.1. The largest absolute Gasteiger partial charge is 0.491 e. The molecule has 90 valence electrons. The van der Waals surface area contributed by atoms with Gasteiger partial charge in [0.2, 0.25) is 0 Å². The average molecular weight is 295 g/mol. The molecule has 0 spiro atoms. The van der Waals surface area contributed by atoms with E-state index in [9.17, 15) is 0 Å². The molecule has 0 aliphatic heterocycles. The molecule has 0 fully saturated rings. The second-order valence-corrected chi connectivity index (χ2v) is 4.82. The van der Waals surface area contributed by atoms with Gasteiger partial charge in [-0.3, -0.25) is 4.98 Å². The zero-order chi connectivity index (χ0) is 12.3. The highest BCUT2D eigenvalue weighted by molar-refractivity contribution is 9.10. The highest BCUT2D eigenvalue weighted by Crippen LogP contribution is 2.30. The summed E-state index contributed by atoms with van der Waals surface area (Å²) in [5.74, 6) is 0.801. The van der Waals surface area contributed by atoms with Crippen LogP contribution in [-0.2, 0) is 0 Å². The molecular weight excluding hydrogens is 280 g/mol. The summed E-state index contributed by atoms with van der Waals surface area (Å²) in [6, 6.07) is 5.70. The summed E-state index contributed by atoms with van der Waals surface area (Å²) in [6.07, 6.45) is 3.92. The Kier molecular flexibility index (Phi) is 3.84. The smallest absolute Gasteiger partial charge is 0.145 e. The Labute approximate surface area is 109 Å². The molecule has 2 rings (SSSR count). The van der Waals surface area contributed by atoms with Gasteiger partial charge in [0, 0.05) is 21.7 Å². The highest BCUT2D eigenvalue weighted by Gasteiger charge is 2.07. The third-order valence-electron chi connectivity index (χ3n) is 2.57. The number of aromatic nitrogens is 1. The van der Waals surface area contributed by atoms with Gasteiger partial charge in [0.05, 0.1) is 6.61 Å². The van der Waals surface area contributed by atoms with E-state index in [-0.39, 0.29) is 0 Å². The molecule has 0 aliphatic carbocycles. The van der Waals surface area contributed by atoms with Crippen LogP contribution in [0.5, 0.6) is 5.75 Å². The normalized spacial score (nSPS) is 10.7. The number of nitrogens with two attached hydrogens (primary N) is 1. The van der Waals surface area contributed by atoms with E-state index >= 15 is 0 Å². The summed E-state index contributed by atoms with van der Waals surface area (Å²) in [7, 11) is 0. The van der Waals surface area contributed by atoms with Crippen molar-refractivity contribution in [2.45, 2.75) is 19.8 Å². The Hall–Kier alpha value is -1.29. The van der Waals surface area contributed by atoms with Gasteiger partial charge in [0.1, 0.15) is 11.3 Å². The molecule has 17 heavy (non-hydrogen) atoms. The summed E-state index contributed by atoms with van der Waals surface area (Å²) >= 11 is 3.40. The van der Waals surface area contributed by atoms with Gasteiger partial charge >= 0.3 is 0 Å². The molecule has 0 saturated heterocycles. The fourth-order valence-electron chi connectivity index (χ4n) is 1.63. The number of rotatable bonds is 4. The van der Waals surface area contributed by atoms with Crippen LogP contribution in [-0.4, -0.2) is 11.6 Å². The quantitative estimate of drug-likeness (QED) is 0.690. The molecule has 0 radical (unpaired) electrons. The van der Waals surface area contributed by atoms with Crippen molar-refractivity contribution < 1.29 is 4.74 Å². The topological polar surface area (TPSA) is 48.1 Å². The minimum atomic E-state index is 0.716. The molecule has 1 aromatic carbocycles. The number of halogens is 1. The molecule has 2 aromatic rings. The van der Waals surface area contributed by atoms with Gasteiger partial charge in [0.25, 0.3) is 0 Å². The van der Waals surface area contributed by atoms with Crippen LogP contribution in [0.4, 0.5) is 5.69 Å². The fourth-order valence-corrected chi connectivity index (χ4v) is 1.96. The Balaban J connectivity index is 2.40. The molecular formula is C13H15BrN2O. The van der Waals surface area contributed by atoms with Crippen molar-refractivity contribution in [2.75, 3.05) is 12.3 Å². The second kappa shape index (κ2) is 5.36. The van der Waals surface area contributed by atoms with E-state index in [1.54, 1.807) is 6.20 Å². The van der Waals surface area contributed by atoms with Crippen molar-refractivity contribution in [3.8, 4) is 5.75 Å². The number of fused-ring (bicyclic) bond motifs is 1. The third-order valence-corrected chi connectivity index (χ3v) is 3.00. The lowest BCUT2D eigenvalue weighted by Gasteiger charge is -2.09. The molecule has 0 amide bonds. The van der Waals surface area contributed by atoms with Crippen molar-refractivity contribution in [2.24, 2.45) is 0 Å². The van der Waals surface area contributed by atoms with Crippen LogP contribution < -0.4 is 10.5 Å². The second-order valence-electron chi connectivity index (χ2n) is 3.90. The maximum Gasteiger partial charge on any atom is 0.145 e. The minimum Gasteiger partial charge on any atom is -0.491 e. The molecule has 0 atom stereocenters. The number of nitrogen functional groups attached to an aromatic ring is 1. The lowest BCUT2D eigenvalue weighted by molar-refractivity contribution is 0.312. The summed E-state index contributed by atoms with van der Waals surface area (Å²) < 4.78 is 6.64. The van der Waals surface area contributed by atoms with Crippen molar-refractivity contribution in [1.29, 1.82) is 0 Å². The van der Waals surface area contributed by atoms with Gasteiger partial charge in [-0.2, -0.15) is 0 Å². The molecule has 1 heterocycles. The summed E-state index contributed by atoms with van der Waals surface area (Å²) in [5.41, 5.74) is 7.47. The van der Waals surface area contributed by atoms with E-state index in [1.165, 1.54) is 0 Å². The molecule has 1 aromatic heterocycles. The first-order valence-electron chi connectivity index (χ1n) is 5.69. The first-order valence-corrected chi connectivity index (χ1v) is 6.48. The van der Waals surface area contributed by atoms with Crippen LogP contribution in [0.3, 0.4) is 0 Å². The summed E-state index contributed by atoms with van der Waals surface area (Å²) in [5, 5.41) is 0.924. The van der Waals surface area contributed by atoms with Crippen molar-refractivity contribution >= 4 is 32.5 Å². The number of pyridine rings is 1. The maximum atomic E-state index is 5.93. The zero-order valence-corrected chi connectivity index (χ0v) is 11.3. The van der Waals surface area contributed by atoms with Crippen molar-refractivity contribution in [3.63, 3.8) is 0 Å². The third kappa shape index (κ3) is 2.69. The number of hydrogen-bond acceptors (Lipinski definition) is 3. The van der Waals surface area contributed by atoms with Crippen LogP contribution in [0.1, 0.15) is 19.8 Å². The van der Waals surface area contributed by atoms with Crippen LogP contribution in [0, 0.1) is 0 Å². The van der Waals surface area contributed by atoms with E-state index in [0.29, 0.717) is 6.61 Å². The lowest BCUT2D eigenvalue weighted by Crippen LogP contribution is -1.99. The first-order chi connectivity index (χ1) is 8.22. The average Bonchev–Trinajstić information content (AvgIpc) is 2.33. The van der Waals surface area contributed by atoms with Gasteiger partial charge in [0.15, 0.2) is 0 Å². The van der Waals surface area contributed by atoms with E-state index in [0.717, 1.165) is 39.7 Å². The minimum absolute atomic E-state index is 0.716. The standard InChI is InChI=1S/C13H15BrN2O/c1-2-3-6-17-12-5-4-11(15)10-7-9(14)8-16-13(10)12/h4-5,7-8H,2-3,6,15H2,1H3. The molecule has 0 unspecified atom stereocenters. The summed E-state index contributed by atoms with van der Waals surface area (Å²) in [6.45, 7) is 2.85. The van der Waals surface area contributed by atoms with Crippen molar-refractivity contribution in [1.82, 2.24) is 4.98 Å². The van der Waals surface area contributed by atoms with Crippen LogP contribution >= 0.6 is 15.9 Å². The number of ether oxygens (including phenoxy) is 1. The SMILES string of the molecule is CCCCOc1ccc(N)c2cc(Br)cnc12. The van der Waals surface area contributed by atoms with Crippen LogP contribution in [0.25, 0.3) is 10.9 Å². The monoisotopic (exact) mass is 294 g/mol. The maximum absolute atomic E-state index is 5.93. The van der Waals surface area contributed by atoms with E-state index in [2.05, 4.69) is 27.8 Å². The van der Waals surface area contributed by atoms with Crippen LogP contribution in [0.15, 0.2) is 28.9 Å². The molecule has 2 N–H and O–H groups in total. The Morgan fingerprint density at radius 1 is 1.41 bits per heavy atom. The number of nitrogens with zero attached hydrogens (tertiary/aromatic N) is 1. The zero-order valence-electron chi connectivity index (χ0n) is 9.74. The first kappa shape index (κ1) is 12.2. The Morgan fingerprint density at radius 3 is 3.00 bits per heavy atom. The van der Waals surface area contributed by atoms with Gasteiger partial charge < -0.3 is 10.5 Å². The van der Waals surface area contributed by atoms with E-state index in [4.69, 9.17) is 10.5 Å². The number of benzene rings is 1. The van der Waals surface area contributed by atoms with E-state index in [1.807, 2.05) is 18.2 Å². The predicted octanol–water partition coefficient (Wildman–Crippen LogP) is 3.76. The molecule has 3 nitrogen and oxygen atoms in total. The van der Waals surface area contributed by atoms with Crippen LogP contribution in [0.2, 0.25) is 0 Å². The van der Waals surface area contributed by atoms with Gasteiger partial charge in [-0.05, 0) is 40.5 Å². The Bertz CT molecular complexity index is 528. The predicted molar refractivity (Wildman–Crippen MR) is 74.3 cm³/mol. The van der Waals surface area contributed by atoms with Gasteiger partial charge in [-0.15, -0.1) is 0 Å². The molecule has 0 bridgehead atoms. The number of hydrogen-bond donors (Lipinski definition) is 1. The molecule has 0 aliphatic rings. The molecule has 0 saturated carbocycles. The molecule has 4 heteroatoms. The number of unbranched alkanes of at least 4 members (excludes halogenated alkanes) is 1. The Morgan fingerprint density at radius 2 is 2.24 bits per heavy atom. The van der Waals surface area contributed by atoms with Crippen molar-refractivity contribution in [3.05, 3.63) is 28.9 Å². The fraction of sp³-hybridized carbons (Fsp3) is 0.308.